The molecule has 1 heterocycles. The number of guanidine groups is 1. The largest absolute Gasteiger partial charge is 0.491 e. The van der Waals surface area contributed by atoms with E-state index in [1.165, 1.54) is 5.56 Å². The van der Waals surface area contributed by atoms with E-state index >= 15 is 0 Å². The van der Waals surface area contributed by atoms with Crippen LogP contribution in [0.2, 0.25) is 0 Å². The zero-order valence-electron chi connectivity index (χ0n) is 15.4. The van der Waals surface area contributed by atoms with E-state index in [9.17, 15) is 0 Å². The standard InChI is InChI=1S/C17H26N6O.HI/c1-12(2)24-15-8-13(3)6-7-14(15)9-19-17(18-4)20-10-16-22-21-11-23(16)5;/h6-8,11-12H,9-10H2,1-5H3,(H2,18,19,20);1H. The Balaban J connectivity index is 0.00000312. The molecule has 138 valence electrons. The molecule has 0 amide bonds. The van der Waals surface area contributed by atoms with E-state index < -0.39 is 0 Å². The fourth-order valence-electron chi connectivity index (χ4n) is 2.20. The number of aliphatic imine (C=N–C) groups is 1. The zero-order chi connectivity index (χ0) is 17.5. The van der Waals surface area contributed by atoms with Gasteiger partial charge in [-0.3, -0.25) is 4.99 Å². The van der Waals surface area contributed by atoms with Gasteiger partial charge in [0, 0.05) is 26.2 Å². The highest BCUT2D eigenvalue weighted by Gasteiger charge is 2.08. The summed E-state index contributed by atoms with van der Waals surface area (Å²) < 4.78 is 7.77. The molecule has 0 unspecified atom stereocenters. The number of aryl methyl sites for hydroxylation is 2. The molecule has 0 radical (unpaired) electrons. The van der Waals surface area contributed by atoms with Crippen molar-refractivity contribution in [2.75, 3.05) is 7.05 Å². The minimum absolute atomic E-state index is 0. The Morgan fingerprint density at radius 3 is 2.60 bits per heavy atom. The highest BCUT2D eigenvalue weighted by atomic mass is 127. The molecule has 0 fully saturated rings. The summed E-state index contributed by atoms with van der Waals surface area (Å²) in [6.45, 7) is 7.30. The number of halogens is 1. The minimum atomic E-state index is 0. The summed E-state index contributed by atoms with van der Waals surface area (Å²) in [4.78, 5) is 4.24. The fraction of sp³-hybridized carbons (Fsp3) is 0.471. The van der Waals surface area contributed by atoms with Crippen molar-refractivity contribution in [2.24, 2.45) is 12.0 Å². The van der Waals surface area contributed by atoms with Crippen molar-refractivity contribution < 1.29 is 4.74 Å². The molecule has 25 heavy (non-hydrogen) atoms. The van der Waals surface area contributed by atoms with Gasteiger partial charge in [0.2, 0.25) is 0 Å². The number of ether oxygens (including phenoxy) is 1. The van der Waals surface area contributed by atoms with Crippen LogP contribution in [0.5, 0.6) is 5.75 Å². The lowest BCUT2D eigenvalue weighted by atomic mass is 10.1. The van der Waals surface area contributed by atoms with Crippen LogP contribution in [0.25, 0.3) is 0 Å². The van der Waals surface area contributed by atoms with Crippen LogP contribution in [0.4, 0.5) is 0 Å². The van der Waals surface area contributed by atoms with Crippen LogP contribution in [0, 0.1) is 6.92 Å². The van der Waals surface area contributed by atoms with E-state index in [0.717, 1.165) is 17.1 Å². The number of nitrogens with zero attached hydrogens (tertiary/aromatic N) is 4. The Kier molecular flexibility index (Phi) is 8.67. The quantitative estimate of drug-likeness (QED) is 0.395. The lowest BCUT2D eigenvalue weighted by molar-refractivity contribution is 0.239. The van der Waals surface area contributed by atoms with Gasteiger partial charge in [0.25, 0.3) is 0 Å². The van der Waals surface area contributed by atoms with Gasteiger partial charge in [-0.05, 0) is 32.4 Å². The summed E-state index contributed by atoms with van der Waals surface area (Å²) in [6.07, 6.45) is 1.81. The van der Waals surface area contributed by atoms with Gasteiger partial charge in [-0.15, -0.1) is 34.2 Å². The molecule has 1 aromatic heterocycles. The van der Waals surface area contributed by atoms with Gasteiger partial charge in [-0.1, -0.05) is 12.1 Å². The summed E-state index contributed by atoms with van der Waals surface area (Å²) in [7, 11) is 3.65. The molecular formula is C17H27IN6O. The maximum absolute atomic E-state index is 5.90. The van der Waals surface area contributed by atoms with E-state index in [2.05, 4.69) is 50.9 Å². The van der Waals surface area contributed by atoms with Gasteiger partial charge in [-0.2, -0.15) is 0 Å². The van der Waals surface area contributed by atoms with Gasteiger partial charge in [0.05, 0.1) is 12.6 Å². The highest BCUT2D eigenvalue weighted by Crippen LogP contribution is 2.21. The van der Waals surface area contributed by atoms with Crippen molar-refractivity contribution in [3.63, 3.8) is 0 Å². The van der Waals surface area contributed by atoms with Crippen LogP contribution >= 0.6 is 24.0 Å². The number of hydrogen-bond donors (Lipinski definition) is 2. The molecule has 0 saturated carbocycles. The van der Waals surface area contributed by atoms with Crippen LogP contribution in [-0.2, 0) is 20.1 Å². The fourth-order valence-corrected chi connectivity index (χ4v) is 2.20. The third-order valence-corrected chi connectivity index (χ3v) is 3.47. The third kappa shape index (κ3) is 6.52. The van der Waals surface area contributed by atoms with Crippen LogP contribution in [0.3, 0.4) is 0 Å². The van der Waals surface area contributed by atoms with Crippen molar-refractivity contribution in [2.45, 2.75) is 40.0 Å². The van der Waals surface area contributed by atoms with Crippen molar-refractivity contribution >= 4 is 29.9 Å². The SMILES string of the molecule is CN=C(NCc1ccc(C)cc1OC(C)C)NCc1nncn1C.I. The molecule has 0 aliphatic rings. The normalized spacial score (nSPS) is 11.2. The molecule has 2 N–H and O–H groups in total. The van der Waals surface area contributed by atoms with Crippen molar-refractivity contribution in [3.8, 4) is 5.75 Å². The molecule has 0 aliphatic carbocycles. The molecule has 0 atom stereocenters. The zero-order valence-corrected chi connectivity index (χ0v) is 17.7. The lowest BCUT2D eigenvalue weighted by Gasteiger charge is -2.17. The number of rotatable bonds is 6. The highest BCUT2D eigenvalue weighted by molar-refractivity contribution is 14.0. The summed E-state index contributed by atoms with van der Waals surface area (Å²) >= 11 is 0. The van der Waals surface area contributed by atoms with Crippen LogP contribution < -0.4 is 15.4 Å². The molecule has 0 aliphatic heterocycles. The molecule has 8 heteroatoms. The molecule has 2 rings (SSSR count). The molecule has 0 bridgehead atoms. The Hall–Kier alpha value is -1.84. The summed E-state index contributed by atoms with van der Waals surface area (Å²) in [5, 5.41) is 14.4. The first-order valence-electron chi connectivity index (χ1n) is 8.03. The molecule has 7 nitrogen and oxygen atoms in total. The van der Waals surface area contributed by atoms with Crippen LogP contribution in [0.1, 0.15) is 30.8 Å². The van der Waals surface area contributed by atoms with E-state index in [1.54, 1.807) is 13.4 Å². The first-order valence-corrected chi connectivity index (χ1v) is 8.03. The van der Waals surface area contributed by atoms with Gasteiger partial charge < -0.3 is 19.9 Å². The van der Waals surface area contributed by atoms with Gasteiger partial charge in [0.15, 0.2) is 11.8 Å². The average molecular weight is 458 g/mol. The van der Waals surface area contributed by atoms with E-state index in [4.69, 9.17) is 4.74 Å². The molecular weight excluding hydrogens is 431 g/mol. The topological polar surface area (TPSA) is 76.4 Å². The average Bonchev–Trinajstić information content (AvgIpc) is 2.94. The maximum Gasteiger partial charge on any atom is 0.191 e. The monoisotopic (exact) mass is 458 g/mol. The Morgan fingerprint density at radius 1 is 1.28 bits per heavy atom. The third-order valence-electron chi connectivity index (χ3n) is 3.47. The number of hydrogen-bond acceptors (Lipinski definition) is 4. The van der Waals surface area contributed by atoms with Gasteiger partial charge in [-0.25, -0.2) is 0 Å². The number of aromatic nitrogens is 3. The van der Waals surface area contributed by atoms with Crippen molar-refractivity contribution in [1.29, 1.82) is 0 Å². The second-order valence-corrected chi connectivity index (χ2v) is 5.92. The summed E-state index contributed by atoms with van der Waals surface area (Å²) in [6, 6.07) is 6.22. The minimum Gasteiger partial charge on any atom is -0.491 e. The molecule has 0 spiro atoms. The van der Waals surface area contributed by atoms with E-state index in [0.29, 0.717) is 19.0 Å². The first kappa shape index (κ1) is 21.2. The lowest BCUT2D eigenvalue weighted by Crippen LogP contribution is -2.37. The Morgan fingerprint density at radius 2 is 2.00 bits per heavy atom. The predicted octanol–water partition coefficient (Wildman–Crippen LogP) is 2.39. The Labute approximate surface area is 166 Å². The molecule has 2 aromatic rings. The predicted molar refractivity (Wildman–Crippen MR) is 110 cm³/mol. The van der Waals surface area contributed by atoms with E-state index in [-0.39, 0.29) is 30.1 Å². The second kappa shape index (κ2) is 10.2. The number of benzene rings is 1. The van der Waals surface area contributed by atoms with Crippen LogP contribution in [0.15, 0.2) is 29.5 Å². The van der Waals surface area contributed by atoms with E-state index in [1.807, 2.05) is 25.5 Å². The van der Waals surface area contributed by atoms with Crippen molar-refractivity contribution in [1.82, 2.24) is 25.4 Å². The second-order valence-electron chi connectivity index (χ2n) is 5.92. The number of nitrogens with one attached hydrogen (secondary N) is 2. The van der Waals surface area contributed by atoms with Crippen molar-refractivity contribution in [3.05, 3.63) is 41.5 Å². The summed E-state index contributed by atoms with van der Waals surface area (Å²) in [5.41, 5.74) is 2.27. The van der Waals surface area contributed by atoms with Gasteiger partial charge in [0.1, 0.15) is 12.1 Å². The van der Waals surface area contributed by atoms with Crippen LogP contribution in [-0.4, -0.2) is 33.9 Å². The smallest absolute Gasteiger partial charge is 0.191 e. The van der Waals surface area contributed by atoms with Gasteiger partial charge >= 0.3 is 0 Å². The maximum atomic E-state index is 5.90. The molecule has 1 aromatic carbocycles. The molecule has 0 saturated heterocycles. The Bertz CT molecular complexity index is 698. The first-order chi connectivity index (χ1) is 11.5. The summed E-state index contributed by atoms with van der Waals surface area (Å²) in [5.74, 6) is 2.45.